The number of rotatable bonds is 7. The summed E-state index contributed by atoms with van der Waals surface area (Å²) >= 11 is 0. The van der Waals surface area contributed by atoms with Crippen molar-refractivity contribution >= 4 is 10.0 Å². The minimum Gasteiger partial charge on any atom is -0.383 e. The molecule has 1 unspecified atom stereocenters. The summed E-state index contributed by atoms with van der Waals surface area (Å²) in [6.07, 6.45) is 2.65. The van der Waals surface area contributed by atoms with Crippen LogP contribution >= 0.6 is 0 Å². The maximum Gasteiger partial charge on any atom is 0.240 e. The van der Waals surface area contributed by atoms with E-state index >= 15 is 0 Å². The number of hydrogen-bond donors (Lipinski definition) is 2. The lowest BCUT2D eigenvalue weighted by atomic mass is 9.99. The van der Waals surface area contributed by atoms with E-state index in [-0.39, 0.29) is 5.54 Å². The quantitative estimate of drug-likeness (QED) is 0.796. The van der Waals surface area contributed by atoms with Crippen LogP contribution in [0.3, 0.4) is 0 Å². The van der Waals surface area contributed by atoms with Crippen LogP contribution in [0.25, 0.3) is 0 Å². The molecule has 1 aliphatic rings. The lowest BCUT2D eigenvalue weighted by Crippen LogP contribution is -2.52. The Bertz CT molecular complexity index is 566. The van der Waals surface area contributed by atoms with Crippen LogP contribution in [0.15, 0.2) is 29.2 Å². The largest absolute Gasteiger partial charge is 0.383 e. The zero-order valence-corrected chi connectivity index (χ0v) is 13.5. The Morgan fingerprint density at radius 2 is 2.14 bits per heavy atom. The second-order valence-corrected chi connectivity index (χ2v) is 7.26. The molecule has 0 aliphatic carbocycles. The SMILES string of the molecule is CCc1ccccc1S(=O)(=O)NCC1(COC)CCCN1. The summed E-state index contributed by atoms with van der Waals surface area (Å²) in [6.45, 7) is 3.71. The van der Waals surface area contributed by atoms with Crippen LogP contribution in [0, 0.1) is 0 Å². The molecular formula is C15H24N2O3S. The lowest BCUT2D eigenvalue weighted by molar-refractivity contribution is 0.122. The third kappa shape index (κ3) is 3.83. The van der Waals surface area contributed by atoms with Crippen molar-refractivity contribution in [2.45, 2.75) is 36.6 Å². The summed E-state index contributed by atoms with van der Waals surface area (Å²) in [4.78, 5) is 0.373. The Morgan fingerprint density at radius 3 is 2.76 bits per heavy atom. The molecule has 6 heteroatoms. The number of methoxy groups -OCH3 is 1. The van der Waals surface area contributed by atoms with Crippen LogP contribution in [0.2, 0.25) is 0 Å². The summed E-state index contributed by atoms with van der Waals surface area (Å²) < 4.78 is 33.1. The molecule has 2 rings (SSSR count). The third-order valence-corrected chi connectivity index (χ3v) is 5.50. The lowest BCUT2D eigenvalue weighted by Gasteiger charge is -2.29. The molecular weight excluding hydrogens is 288 g/mol. The molecule has 1 aromatic carbocycles. The van der Waals surface area contributed by atoms with Crippen molar-refractivity contribution in [3.05, 3.63) is 29.8 Å². The van der Waals surface area contributed by atoms with Gasteiger partial charge in [-0.2, -0.15) is 0 Å². The number of nitrogens with one attached hydrogen (secondary N) is 2. The van der Waals surface area contributed by atoms with Crippen molar-refractivity contribution in [1.82, 2.24) is 10.0 Å². The molecule has 0 spiro atoms. The fourth-order valence-electron chi connectivity index (χ4n) is 2.84. The average molecular weight is 312 g/mol. The first-order valence-electron chi connectivity index (χ1n) is 7.34. The highest BCUT2D eigenvalue weighted by Crippen LogP contribution is 2.21. The highest BCUT2D eigenvalue weighted by Gasteiger charge is 2.35. The summed E-state index contributed by atoms with van der Waals surface area (Å²) in [5.74, 6) is 0. The van der Waals surface area contributed by atoms with E-state index in [1.54, 1.807) is 19.2 Å². The molecule has 1 atom stereocenters. The second kappa shape index (κ2) is 6.87. The van der Waals surface area contributed by atoms with Crippen LogP contribution < -0.4 is 10.0 Å². The molecule has 5 nitrogen and oxygen atoms in total. The molecule has 118 valence electrons. The van der Waals surface area contributed by atoms with Gasteiger partial charge in [0.25, 0.3) is 0 Å². The van der Waals surface area contributed by atoms with Crippen LogP contribution in [0.4, 0.5) is 0 Å². The van der Waals surface area contributed by atoms with Crippen molar-refractivity contribution in [3.63, 3.8) is 0 Å². The highest BCUT2D eigenvalue weighted by atomic mass is 32.2. The smallest absolute Gasteiger partial charge is 0.240 e. The Morgan fingerprint density at radius 1 is 1.38 bits per heavy atom. The van der Waals surface area contributed by atoms with Crippen molar-refractivity contribution in [1.29, 1.82) is 0 Å². The van der Waals surface area contributed by atoms with E-state index in [2.05, 4.69) is 10.0 Å². The minimum absolute atomic E-state index is 0.289. The van der Waals surface area contributed by atoms with E-state index < -0.39 is 10.0 Å². The van der Waals surface area contributed by atoms with Crippen LogP contribution in [0.5, 0.6) is 0 Å². The summed E-state index contributed by atoms with van der Waals surface area (Å²) in [5, 5.41) is 3.37. The van der Waals surface area contributed by atoms with Gasteiger partial charge in [-0.25, -0.2) is 13.1 Å². The standard InChI is InChI=1S/C15H24N2O3S/c1-3-13-7-4-5-8-14(13)21(18,19)17-11-15(12-20-2)9-6-10-16-15/h4-5,7-8,16-17H,3,6,9-12H2,1-2H3. The van der Waals surface area contributed by atoms with Gasteiger partial charge in [0.15, 0.2) is 0 Å². The predicted molar refractivity (Wildman–Crippen MR) is 82.9 cm³/mol. The van der Waals surface area contributed by atoms with Crippen LogP contribution in [-0.4, -0.2) is 40.8 Å². The number of sulfonamides is 1. The van der Waals surface area contributed by atoms with E-state index in [1.807, 2.05) is 19.1 Å². The van der Waals surface area contributed by atoms with Gasteiger partial charge < -0.3 is 10.1 Å². The fraction of sp³-hybridized carbons (Fsp3) is 0.600. The van der Waals surface area contributed by atoms with E-state index in [1.165, 1.54) is 0 Å². The van der Waals surface area contributed by atoms with Gasteiger partial charge >= 0.3 is 0 Å². The monoisotopic (exact) mass is 312 g/mol. The topological polar surface area (TPSA) is 67.4 Å². The normalized spacial score (nSPS) is 22.6. The summed E-state index contributed by atoms with van der Waals surface area (Å²) in [7, 11) is -1.85. The maximum absolute atomic E-state index is 12.5. The van der Waals surface area contributed by atoms with Crippen molar-refractivity contribution < 1.29 is 13.2 Å². The molecule has 1 saturated heterocycles. The van der Waals surface area contributed by atoms with Gasteiger partial charge in [-0.1, -0.05) is 25.1 Å². The second-order valence-electron chi connectivity index (χ2n) is 5.53. The average Bonchev–Trinajstić information content (AvgIpc) is 2.95. The first-order valence-corrected chi connectivity index (χ1v) is 8.83. The van der Waals surface area contributed by atoms with Crippen molar-refractivity contribution in [2.24, 2.45) is 0 Å². The zero-order chi connectivity index (χ0) is 15.3. The molecule has 1 aromatic rings. The van der Waals surface area contributed by atoms with Gasteiger partial charge in [-0.15, -0.1) is 0 Å². The van der Waals surface area contributed by atoms with Gasteiger partial charge in [0.05, 0.1) is 17.0 Å². The van der Waals surface area contributed by atoms with Crippen LogP contribution in [-0.2, 0) is 21.2 Å². The number of hydrogen-bond acceptors (Lipinski definition) is 4. The minimum atomic E-state index is -3.49. The van der Waals surface area contributed by atoms with Gasteiger partial charge in [0.2, 0.25) is 10.0 Å². The molecule has 1 aliphatic heterocycles. The number of ether oxygens (including phenoxy) is 1. The Kier molecular flexibility index (Phi) is 5.37. The molecule has 0 aromatic heterocycles. The number of aryl methyl sites for hydroxylation is 1. The fourth-order valence-corrected chi connectivity index (χ4v) is 4.28. The van der Waals surface area contributed by atoms with E-state index in [0.717, 1.165) is 24.9 Å². The van der Waals surface area contributed by atoms with Gasteiger partial charge in [-0.05, 0) is 37.4 Å². The first kappa shape index (κ1) is 16.4. The Balaban J connectivity index is 2.14. The predicted octanol–water partition coefficient (Wildman–Crippen LogP) is 1.30. The maximum atomic E-state index is 12.5. The van der Waals surface area contributed by atoms with Crippen molar-refractivity contribution in [3.8, 4) is 0 Å². The molecule has 0 saturated carbocycles. The highest BCUT2D eigenvalue weighted by molar-refractivity contribution is 7.89. The Labute approximate surface area is 127 Å². The Hall–Kier alpha value is -0.950. The van der Waals surface area contributed by atoms with E-state index in [4.69, 9.17) is 4.74 Å². The molecule has 1 heterocycles. The molecule has 1 fully saturated rings. The molecule has 2 N–H and O–H groups in total. The van der Waals surface area contributed by atoms with Gasteiger partial charge in [-0.3, -0.25) is 0 Å². The van der Waals surface area contributed by atoms with E-state index in [0.29, 0.717) is 24.5 Å². The van der Waals surface area contributed by atoms with Crippen LogP contribution in [0.1, 0.15) is 25.3 Å². The van der Waals surface area contributed by atoms with Crippen molar-refractivity contribution in [2.75, 3.05) is 26.8 Å². The zero-order valence-electron chi connectivity index (χ0n) is 12.7. The molecule has 0 radical (unpaired) electrons. The molecule has 0 amide bonds. The van der Waals surface area contributed by atoms with E-state index in [9.17, 15) is 8.42 Å². The molecule has 0 bridgehead atoms. The van der Waals surface area contributed by atoms with Gasteiger partial charge in [0.1, 0.15) is 0 Å². The third-order valence-electron chi connectivity index (χ3n) is 4.00. The molecule has 21 heavy (non-hydrogen) atoms. The first-order chi connectivity index (χ1) is 10.0. The summed E-state index contributed by atoms with van der Waals surface area (Å²) in [5.41, 5.74) is 0.549. The van der Waals surface area contributed by atoms with Gasteiger partial charge in [0, 0.05) is 13.7 Å². The number of benzene rings is 1. The summed E-state index contributed by atoms with van der Waals surface area (Å²) in [6, 6.07) is 7.13.